The summed E-state index contributed by atoms with van der Waals surface area (Å²) in [4.78, 5) is 19.5. The topological polar surface area (TPSA) is 110 Å². The summed E-state index contributed by atoms with van der Waals surface area (Å²) in [7, 11) is 1.50. The van der Waals surface area contributed by atoms with Crippen molar-refractivity contribution < 1.29 is 24.5 Å². The Labute approximate surface area is 146 Å². The molecule has 0 aliphatic rings. The van der Waals surface area contributed by atoms with Crippen LogP contribution < -0.4 is 5.73 Å². The number of hydrogen-bond donors (Lipinski definition) is 3. The Bertz CT molecular complexity index is 357. The highest BCUT2D eigenvalue weighted by molar-refractivity contribution is 5.66. The van der Waals surface area contributed by atoms with Crippen LogP contribution in [0.2, 0.25) is 0 Å². The molecule has 6 nitrogen and oxygen atoms in total. The number of aliphatic carboxylic acids is 1. The van der Waals surface area contributed by atoms with Gasteiger partial charge in [-0.1, -0.05) is 51.8 Å². The molecule has 0 aromatic carbocycles. The summed E-state index contributed by atoms with van der Waals surface area (Å²) in [5, 5.41) is 16.4. The third kappa shape index (κ3) is 50.7. The van der Waals surface area contributed by atoms with Crippen molar-refractivity contribution >= 4 is 12.4 Å². The minimum Gasteiger partial charge on any atom is -0.513 e. The summed E-state index contributed by atoms with van der Waals surface area (Å²) in [6.07, 6.45) is 13.1. The molecule has 0 heterocycles. The second kappa shape index (κ2) is 36.9. The van der Waals surface area contributed by atoms with Crippen LogP contribution in [-0.4, -0.2) is 36.3 Å². The van der Waals surface area contributed by atoms with E-state index in [0.717, 1.165) is 5.57 Å². The minimum absolute atomic E-state index is 0.0463. The first-order valence-corrected chi connectivity index (χ1v) is 6.96. The van der Waals surface area contributed by atoms with Gasteiger partial charge in [0.1, 0.15) is 6.61 Å². The number of carboxylic acid groups (broad SMARTS) is 1. The third-order valence-corrected chi connectivity index (χ3v) is 1.54. The number of terminal acetylenes is 1. The molecule has 0 saturated carbocycles. The molecule has 0 saturated heterocycles. The molecule has 0 fully saturated rings. The number of allylic oxidation sites excluding steroid dienone is 3. The molecule has 0 aliphatic carbocycles. The molecular weight excluding hydrogens is 310 g/mol. The first-order chi connectivity index (χ1) is 11.5. The summed E-state index contributed by atoms with van der Waals surface area (Å²) in [6, 6.07) is 0. The largest absolute Gasteiger partial charge is 0.513 e. The average Bonchev–Trinajstić information content (AvgIpc) is 2.62. The molecule has 0 rings (SSSR count). The second-order valence-electron chi connectivity index (χ2n) is 3.05. The van der Waals surface area contributed by atoms with Gasteiger partial charge in [0.2, 0.25) is 0 Å². The predicted octanol–water partition coefficient (Wildman–Crippen LogP) is 3.23. The third-order valence-electron chi connectivity index (χ3n) is 1.54. The van der Waals surface area contributed by atoms with Crippen LogP contribution in [-0.2, 0) is 14.3 Å². The highest BCUT2D eigenvalue weighted by Crippen LogP contribution is 1.96. The number of ether oxygens (including phenoxy) is 1. The van der Waals surface area contributed by atoms with Gasteiger partial charge in [0.15, 0.2) is 0 Å². The molecule has 0 unspecified atom stereocenters. The van der Waals surface area contributed by atoms with Crippen molar-refractivity contribution in [3.8, 4) is 12.8 Å². The van der Waals surface area contributed by atoms with Crippen molar-refractivity contribution in [2.24, 2.45) is 5.73 Å². The van der Waals surface area contributed by atoms with Crippen LogP contribution in [0.15, 0.2) is 49.3 Å². The van der Waals surface area contributed by atoms with Crippen molar-refractivity contribution in [2.45, 2.75) is 26.7 Å². The molecule has 0 aromatic rings. The fourth-order valence-corrected chi connectivity index (χ4v) is 0.708. The van der Waals surface area contributed by atoms with E-state index in [1.54, 1.807) is 18.2 Å². The molecule has 0 radical (unpaired) electrons. The Morgan fingerprint density at radius 1 is 1.17 bits per heavy atom. The lowest BCUT2D eigenvalue weighted by molar-refractivity contribution is -0.137. The van der Waals surface area contributed by atoms with Gasteiger partial charge in [-0.15, -0.1) is 12.8 Å². The summed E-state index contributed by atoms with van der Waals surface area (Å²) < 4.78 is 4.47. The minimum atomic E-state index is -0.916. The summed E-state index contributed by atoms with van der Waals surface area (Å²) in [5.74, 6) is -0.993. The Morgan fingerprint density at radius 2 is 1.62 bits per heavy atom. The zero-order valence-electron chi connectivity index (χ0n) is 14.9. The van der Waals surface area contributed by atoms with Crippen molar-refractivity contribution in [1.29, 1.82) is 0 Å². The second-order valence-corrected chi connectivity index (χ2v) is 3.05. The van der Waals surface area contributed by atoms with Crippen molar-refractivity contribution in [2.75, 3.05) is 13.7 Å². The molecule has 138 valence electrons. The van der Waals surface area contributed by atoms with Crippen LogP contribution in [0, 0.1) is 12.8 Å². The van der Waals surface area contributed by atoms with Gasteiger partial charge in [-0.05, 0) is 12.6 Å². The monoisotopic (exact) mass is 341 g/mol. The highest BCUT2D eigenvalue weighted by atomic mass is 16.5. The predicted molar refractivity (Wildman–Crippen MR) is 100 cm³/mol. The molecular formula is C18H31NO5. The molecule has 6 heteroatoms. The fourth-order valence-electron chi connectivity index (χ4n) is 0.708. The highest BCUT2D eigenvalue weighted by Gasteiger charge is 1.95. The van der Waals surface area contributed by atoms with Crippen molar-refractivity contribution in [3.63, 3.8) is 0 Å². The Kier molecular flexibility index (Phi) is 50.8. The van der Waals surface area contributed by atoms with Crippen LogP contribution in [0.3, 0.4) is 0 Å². The Morgan fingerprint density at radius 3 is 1.83 bits per heavy atom. The number of aliphatic hydroxyl groups excluding tert-OH is 1. The number of aliphatic hydroxyl groups is 1. The summed E-state index contributed by atoms with van der Waals surface area (Å²) in [6.45, 7) is 14.8. The van der Waals surface area contributed by atoms with E-state index in [4.69, 9.17) is 10.2 Å². The maximum absolute atomic E-state index is 9.75. The van der Waals surface area contributed by atoms with E-state index in [0.29, 0.717) is 6.47 Å². The lowest BCUT2D eigenvalue weighted by Gasteiger charge is -1.96. The van der Waals surface area contributed by atoms with E-state index in [-0.39, 0.29) is 25.2 Å². The van der Waals surface area contributed by atoms with Crippen molar-refractivity contribution in [1.82, 2.24) is 0 Å². The molecule has 0 aromatic heterocycles. The van der Waals surface area contributed by atoms with Gasteiger partial charge in [-0.2, -0.15) is 0 Å². The number of rotatable bonds is 8. The summed E-state index contributed by atoms with van der Waals surface area (Å²) >= 11 is 0. The molecule has 4 N–H and O–H groups in total. The number of nitrogens with two attached hydrogens (primary N) is 1. The maximum atomic E-state index is 9.75. The van der Waals surface area contributed by atoms with Crippen LogP contribution >= 0.6 is 0 Å². The van der Waals surface area contributed by atoms with Crippen molar-refractivity contribution in [3.05, 3.63) is 49.3 Å². The van der Waals surface area contributed by atoms with E-state index in [1.165, 1.54) is 7.05 Å². The number of carboxylic acids is 1. The van der Waals surface area contributed by atoms with Gasteiger partial charge in [0, 0.05) is 6.42 Å². The lowest BCUT2D eigenvalue weighted by Crippen LogP contribution is -1.94. The lowest BCUT2D eigenvalue weighted by atomic mass is 10.2. The van der Waals surface area contributed by atoms with Crippen LogP contribution in [0.5, 0.6) is 0 Å². The molecule has 0 spiro atoms. The van der Waals surface area contributed by atoms with E-state index in [2.05, 4.69) is 43.1 Å². The normalized spacial score (nSPS) is 7.67. The van der Waals surface area contributed by atoms with Gasteiger partial charge in [0.25, 0.3) is 6.47 Å². The van der Waals surface area contributed by atoms with Gasteiger partial charge < -0.3 is 20.7 Å². The van der Waals surface area contributed by atoms with Gasteiger partial charge in [-0.25, -0.2) is 0 Å². The van der Waals surface area contributed by atoms with E-state index in [1.807, 2.05) is 13.8 Å². The van der Waals surface area contributed by atoms with Crippen LogP contribution in [0.4, 0.5) is 0 Å². The fraction of sp³-hybridized carbons (Fsp3) is 0.333. The SMILES string of the molecule is C#C.C=C(O)CCC(=O)O.C=C/C=C(\C=C)COC=O.CC.CN. The summed E-state index contributed by atoms with van der Waals surface area (Å²) in [5.41, 5.74) is 5.34. The number of hydrogen-bond acceptors (Lipinski definition) is 5. The molecule has 0 bridgehead atoms. The molecule has 24 heavy (non-hydrogen) atoms. The van der Waals surface area contributed by atoms with E-state index < -0.39 is 5.97 Å². The number of carbonyl (C=O) groups excluding carboxylic acids is 1. The van der Waals surface area contributed by atoms with E-state index in [9.17, 15) is 9.59 Å². The average molecular weight is 341 g/mol. The molecule has 0 amide bonds. The Balaban J connectivity index is -0.0000000771. The molecule has 0 aliphatic heterocycles. The quantitative estimate of drug-likeness (QED) is 0.271. The van der Waals surface area contributed by atoms with Gasteiger partial charge in [-0.3, -0.25) is 9.59 Å². The zero-order valence-corrected chi connectivity index (χ0v) is 14.9. The number of carbonyl (C=O) groups is 2. The zero-order chi connectivity index (χ0) is 20.4. The van der Waals surface area contributed by atoms with Crippen LogP contribution in [0.25, 0.3) is 0 Å². The Hall–Kier alpha value is -2.78. The maximum Gasteiger partial charge on any atom is 0.303 e. The first-order valence-electron chi connectivity index (χ1n) is 6.96. The van der Waals surface area contributed by atoms with E-state index >= 15 is 0 Å². The van der Waals surface area contributed by atoms with Crippen LogP contribution in [0.1, 0.15) is 26.7 Å². The molecule has 0 atom stereocenters. The smallest absolute Gasteiger partial charge is 0.303 e. The van der Waals surface area contributed by atoms with Gasteiger partial charge >= 0.3 is 5.97 Å². The van der Waals surface area contributed by atoms with Gasteiger partial charge in [0.05, 0.1) is 12.2 Å². The standard InChI is InChI=1S/C8H10O2.C5H8O3.C2H6.C2H2.CH5N/c1-3-5-8(4-2)6-10-7-9;1-4(6)2-3-5(7)8;3*1-2/h3-5,7H,1-2,6H2;6H,1-3H2,(H,7,8);1-2H3;1-2H;2H2,1H3/b8-5+;;;;. The first kappa shape index (κ1) is 33.0.